The molecular weight excluding hydrogens is 253 g/mol. The molecule has 1 aliphatic heterocycles. The highest BCUT2D eigenvalue weighted by molar-refractivity contribution is 6.01. The van der Waals surface area contributed by atoms with E-state index in [-0.39, 0.29) is 17.4 Å². The van der Waals surface area contributed by atoms with E-state index in [9.17, 15) is 14.0 Å². The van der Waals surface area contributed by atoms with Gasteiger partial charge in [0.05, 0.1) is 17.4 Å². The summed E-state index contributed by atoms with van der Waals surface area (Å²) < 4.78 is 18.4. The first-order chi connectivity index (χ1) is 8.97. The summed E-state index contributed by atoms with van der Waals surface area (Å²) in [5.74, 6) is -2.37. The SMILES string of the molecule is CC1CCC(C(=O)Nc2ccc(F)cc2C(=O)O)O1. The maximum Gasteiger partial charge on any atom is 0.337 e. The highest BCUT2D eigenvalue weighted by Gasteiger charge is 2.28. The normalized spacial score (nSPS) is 22.2. The van der Waals surface area contributed by atoms with Crippen molar-refractivity contribution in [1.82, 2.24) is 0 Å². The Morgan fingerprint density at radius 1 is 1.42 bits per heavy atom. The Labute approximate surface area is 109 Å². The predicted octanol–water partition coefficient (Wildman–Crippen LogP) is 2.03. The highest BCUT2D eigenvalue weighted by Crippen LogP contribution is 2.22. The van der Waals surface area contributed by atoms with Crippen molar-refractivity contribution in [3.8, 4) is 0 Å². The summed E-state index contributed by atoms with van der Waals surface area (Å²) in [6.07, 6.45) is 0.814. The van der Waals surface area contributed by atoms with Crippen LogP contribution in [0.15, 0.2) is 18.2 Å². The van der Waals surface area contributed by atoms with Crippen LogP contribution in [0.3, 0.4) is 0 Å². The van der Waals surface area contributed by atoms with Gasteiger partial charge >= 0.3 is 5.97 Å². The number of aromatic carboxylic acids is 1. The summed E-state index contributed by atoms with van der Waals surface area (Å²) in [7, 11) is 0. The summed E-state index contributed by atoms with van der Waals surface area (Å²) in [5, 5.41) is 11.4. The monoisotopic (exact) mass is 267 g/mol. The van der Waals surface area contributed by atoms with Crippen LogP contribution in [0.25, 0.3) is 0 Å². The van der Waals surface area contributed by atoms with Crippen LogP contribution in [0.4, 0.5) is 10.1 Å². The van der Waals surface area contributed by atoms with E-state index in [1.807, 2.05) is 6.92 Å². The van der Waals surface area contributed by atoms with Gasteiger partial charge in [-0.2, -0.15) is 0 Å². The number of nitrogens with one attached hydrogen (secondary N) is 1. The molecule has 0 aliphatic carbocycles. The fourth-order valence-corrected chi connectivity index (χ4v) is 2.01. The van der Waals surface area contributed by atoms with Crippen molar-refractivity contribution in [2.75, 3.05) is 5.32 Å². The van der Waals surface area contributed by atoms with Gasteiger partial charge in [-0.25, -0.2) is 9.18 Å². The number of carbonyl (C=O) groups is 2. The van der Waals surface area contributed by atoms with Crippen LogP contribution in [0.1, 0.15) is 30.1 Å². The third-order valence-electron chi connectivity index (χ3n) is 2.99. The van der Waals surface area contributed by atoms with E-state index in [1.54, 1.807) is 0 Å². The van der Waals surface area contributed by atoms with Gasteiger partial charge in [-0.3, -0.25) is 4.79 Å². The Morgan fingerprint density at radius 2 is 2.16 bits per heavy atom. The van der Waals surface area contributed by atoms with Crippen LogP contribution in [-0.2, 0) is 9.53 Å². The number of anilines is 1. The van der Waals surface area contributed by atoms with Crippen molar-refractivity contribution in [2.24, 2.45) is 0 Å². The molecule has 1 amide bonds. The predicted molar refractivity (Wildman–Crippen MR) is 65.6 cm³/mol. The zero-order valence-corrected chi connectivity index (χ0v) is 10.4. The Hall–Kier alpha value is -1.95. The van der Waals surface area contributed by atoms with E-state index in [1.165, 1.54) is 6.07 Å². The molecule has 1 fully saturated rings. The Balaban J connectivity index is 2.14. The number of benzene rings is 1. The van der Waals surface area contributed by atoms with Crippen molar-refractivity contribution >= 4 is 17.6 Å². The number of carbonyl (C=O) groups excluding carboxylic acids is 1. The Kier molecular flexibility index (Phi) is 3.80. The van der Waals surface area contributed by atoms with Crippen LogP contribution in [0, 0.1) is 5.82 Å². The van der Waals surface area contributed by atoms with Gasteiger partial charge in [0.25, 0.3) is 5.91 Å². The number of rotatable bonds is 3. The summed E-state index contributed by atoms with van der Waals surface area (Å²) in [4.78, 5) is 22.9. The molecule has 0 bridgehead atoms. The van der Waals surface area contributed by atoms with Gasteiger partial charge in [0, 0.05) is 0 Å². The number of hydrogen-bond acceptors (Lipinski definition) is 3. The first kappa shape index (κ1) is 13.5. The lowest BCUT2D eigenvalue weighted by Gasteiger charge is -2.13. The fourth-order valence-electron chi connectivity index (χ4n) is 2.01. The molecule has 2 atom stereocenters. The van der Waals surface area contributed by atoms with Gasteiger partial charge in [0.15, 0.2) is 0 Å². The summed E-state index contributed by atoms with van der Waals surface area (Å²) in [6, 6.07) is 3.20. The minimum absolute atomic E-state index is 0.0166. The van der Waals surface area contributed by atoms with Crippen LogP contribution < -0.4 is 5.32 Å². The molecule has 19 heavy (non-hydrogen) atoms. The van der Waals surface area contributed by atoms with Crippen molar-refractivity contribution in [1.29, 1.82) is 0 Å². The molecule has 5 nitrogen and oxygen atoms in total. The van der Waals surface area contributed by atoms with Gasteiger partial charge in [-0.05, 0) is 38.0 Å². The van der Waals surface area contributed by atoms with Crippen LogP contribution in [0.5, 0.6) is 0 Å². The molecule has 1 saturated heterocycles. The standard InChI is InChI=1S/C13H14FNO4/c1-7-2-5-11(19-7)12(16)15-10-4-3-8(14)6-9(10)13(17)18/h3-4,6-7,11H,2,5H2,1H3,(H,15,16)(H,17,18). The second-order valence-electron chi connectivity index (χ2n) is 4.50. The topological polar surface area (TPSA) is 75.6 Å². The van der Waals surface area contributed by atoms with Gasteiger partial charge in [-0.15, -0.1) is 0 Å². The smallest absolute Gasteiger partial charge is 0.337 e. The number of carboxylic acid groups (broad SMARTS) is 1. The third-order valence-corrected chi connectivity index (χ3v) is 2.99. The Morgan fingerprint density at radius 3 is 2.74 bits per heavy atom. The lowest BCUT2D eigenvalue weighted by molar-refractivity contribution is -0.126. The van der Waals surface area contributed by atoms with Crippen LogP contribution in [0.2, 0.25) is 0 Å². The maximum absolute atomic E-state index is 13.0. The van der Waals surface area contributed by atoms with Crippen molar-refractivity contribution in [2.45, 2.75) is 32.0 Å². The molecule has 0 spiro atoms. The average molecular weight is 267 g/mol. The molecular formula is C13H14FNO4. The van der Waals surface area contributed by atoms with E-state index < -0.39 is 23.8 Å². The number of hydrogen-bond donors (Lipinski definition) is 2. The molecule has 2 rings (SSSR count). The molecule has 1 aromatic carbocycles. The largest absolute Gasteiger partial charge is 0.478 e. The molecule has 0 aromatic heterocycles. The van der Waals surface area contributed by atoms with Crippen LogP contribution >= 0.6 is 0 Å². The third kappa shape index (κ3) is 3.08. The molecule has 102 valence electrons. The zero-order valence-electron chi connectivity index (χ0n) is 10.4. The number of ether oxygens (including phenoxy) is 1. The highest BCUT2D eigenvalue weighted by atomic mass is 19.1. The second kappa shape index (κ2) is 5.36. The molecule has 2 unspecified atom stereocenters. The minimum Gasteiger partial charge on any atom is -0.478 e. The second-order valence-corrected chi connectivity index (χ2v) is 4.50. The van der Waals surface area contributed by atoms with Gasteiger partial charge in [-0.1, -0.05) is 0 Å². The number of carboxylic acids is 1. The van der Waals surface area contributed by atoms with E-state index in [2.05, 4.69) is 5.32 Å². The zero-order chi connectivity index (χ0) is 14.0. The van der Waals surface area contributed by atoms with Gasteiger partial charge in [0.1, 0.15) is 11.9 Å². The molecule has 0 saturated carbocycles. The minimum atomic E-state index is -1.30. The summed E-state index contributed by atoms with van der Waals surface area (Å²) >= 11 is 0. The lowest BCUT2D eigenvalue weighted by Crippen LogP contribution is -2.28. The molecule has 2 N–H and O–H groups in total. The summed E-state index contributed by atoms with van der Waals surface area (Å²) in [6.45, 7) is 1.87. The lowest BCUT2D eigenvalue weighted by atomic mass is 10.1. The molecule has 1 aliphatic rings. The first-order valence-corrected chi connectivity index (χ1v) is 5.96. The maximum atomic E-state index is 13.0. The first-order valence-electron chi connectivity index (χ1n) is 5.96. The van der Waals surface area contributed by atoms with E-state index in [0.29, 0.717) is 6.42 Å². The van der Waals surface area contributed by atoms with Crippen molar-refractivity contribution in [3.63, 3.8) is 0 Å². The molecule has 1 aromatic rings. The van der Waals surface area contributed by atoms with E-state index in [0.717, 1.165) is 18.6 Å². The number of halogens is 1. The van der Waals surface area contributed by atoms with E-state index in [4.69, 9.17) is 9.84 Å². The van der Waals surface area contributed by atoms with Crippen molar-refractivity contribution < 1.29 is 23.8 Å². The van der Waals surface area contributed by atoms with Gasteiger partial charge < -0.3 is 15.2 Å². The van der Waals surface area contributed by atoms with Crippen LogP contribution in [-0.4, -0.2) is 29.2 Å². The fraction of sp³-hybridized carbons (Fsp3) is 0.385. The van der Waals surface area contributed by atoms with E-state index >= 15 is 0 Å². The molecule has 0 radical (unpaired) electrons. The molecule has 6 heteroatoms. The molecule has 1 heterocycles. The number of amides is 1. The van der Waals surface area contributed by atoms with Crippen molar-refractivity contribution in [3.05, 3.63) is 29.6 Å². The quantitative estimate of drug-likeness (QED) is 0.878. The average Bonchev–Trinajstić information content (AvgIpc) is 2.78. The van der Waals surface area contributed by atoms with Gasteiger partial charge in [0.2, 0.25) is 0 Å². The Bertz CT molecular complexity index is 517. The summed E-state index contributed by atoms with van der Waals surface area (Å²) in [5.41, 5.74) is -0.207.